The molecule has 92 heavy (non-hydrogen) atoms. The molecule has 0 aliphatic carbocycles. The zero-order valence-electron chi connectivity index (χ0n) is 61.1. The normalized spacial score (nSPS) is 28.0. The van der Waals surface area contributed by atoms with Gasteiger partial charge in [-0.3, -0.25) is 57.6 Å². The molecule has 8 amide bonds. The minimum atomic E-state index is -1.52. The highest BCUT2D eigenvalue weighted by Gasteiger charge is 2.47. The first kappa shape index (κ1) is 83.1. The molecule has 0 bridgehead atoms. The molecule has 0 unspecified atom stereocenters. The van der Waals surface area contributed by atoms with Gasteiger partial charge in [0.15, 0.2) is 22.7 Å². The number of ketones is 3. The molecule has 0 aromatic rings. The highest BCUT2D eigenvalue weighted by Crippen LogP contribution is 2.31. The molecule has 2 saturated heterocycles. The fourth-order valence-electron chi connectivity index (χ4n) is 12.8. The Morgan fingerprint density at radius 3 is 1.27 bits per heavy atom. The van der Waals surface area contributed by atoms with Gasteiger partial charge in [0.25, 0.3) is 5.91 Å². The summed E-state index contributed by atoms with van der Waals surface area (Å²) in [4.78, 5) is 176. The van der Waals surface area contributed by atoms with Crippen LogP contribution < -0.4 is 5.32 Å². The number of nitrogens with zero attached hydrogens (tertiary/aromatic N) is 8. The first-order chi connectivity index (χ1) is 42.6. The highest BCUT2D eigenvalue weighted by atomic mass is 32.2. The summed E-state index contributed by atoms with van der Waals surface area (Å²) in [6, 6.07) is -8.22. The Morgan fingerprint density at radius 1 is 0.457 bits per heavy atom. The van der Waals surface area contributed by atoms with E-state index in [1.807, 2.05) is 76.2 Å². The molecular weight excluding hydrogens is 1190 g/mol. The minimum Gasteiger partial charge on any atom is -0.390 e. The zero-order chi connectivity index (χ0) is 70.8. The summed E-state index contributed by atoms with van der Waals surface area (Å²) in [5, 5.41) is 14.1. The van der Waals surface area contributed by atoms with Crippen molar-refractivity contribution in [3.8, 4) is 0 Å². The second-order valence-electron chi connectivity index (χ2n) is 29.5. The second-order valence-corrected chi connectivity index (χ2v) is 30.4. The maximum Gasteiger partial charge on any atom is 0.256 e. The van der Waals surface area contributed by atoms with Crippen LogP contribution in [0.1, 0.15) is 169 Å². The van der Waals surface area contributed by atoms with Gasteiger partial charge in [-0.1, -0.05) is 111 Å². The molecule has 528 valence electrons. The number of hydrogen-bond acceptors (Lipinski definition) is 15. The summed E-state index contributed by atoms with van der Waals surface area (Å²) in [6.45, 7) is 33.8. The lowest BCUT2D eigenvalue weighted by Crippen LogP contribution is -2.62. The first-order valence-corrected chi connectivity index (χ1v) is 35.1. The van der Waals surface area contributed by atoms with Crippen LogP contribution in [-0.4, -0.2) is 251 Å². The van der Waals surface area contributed by atoms with Gasteiger partial charge in [-0.15, -0.1) is 11.8 Å². The third kappa shape index (κ3) is 22.9. The molecule has 22 nitrogen and oxygen atoms in total. The molecule has 0 radical (unpaired) electrons. The van der Waals surface area contributed by atoms with E-state index in [2.05, 4.69) is 10.2 Å². The van der Waals surface area contributed by atoms with Crippen LogP contribution in [0.5, 0.6) is 0 Å². The fourth-order valence-corrected chi connectivity index (χ4v) is 13.6. The van der Waals surface area contributed by atoms with Gasteiger partial charge in [-0.25, -0.2) is 0 Å². The Bertz CT molecular complexity index is 2490. The predicted molar refractivity (Wildman–Crippen MR) is 361 cm³/mol. The van der Waals surface area contributed by atoms with E-state index in [4.69, 9.17) is 4.74 Å². The standard InChI is InChI=1S/C69H123N9O13S/c1-39(2)32-51-55(79)36-47(16)61(83)70-48(17)62(84)73(20)53(34-41(5)6)65(87)74(21)54(35-42(7)8)66(88)75(22)58(45(13)14)67(89)76(23)59(60(82)46(15)26-27-78-28-30-91-31-29-78)57(81)38-50(44(11)12)64(86)77(24)69(92-25)68(90)72(19)52(33-40(3)4)56(80)37-49(43(9)10)63(85)71(51)18/h39-54,58-60,69,82H,26-38H2,1-25H3,(H,70,83)/t46-,47+,48+,49-,50-,51-,52+,53-,54-,58-,59+,60-,69-/m1/s1. The van der Waals surface area contributed by atoms with Gasteiger partial charge >= 0.3 is 0 Å². The summed E-state index contributed by atoms with van der Waals surface area (Å²) < 4.78 is 5.57. The fraction of sp³-hybridized carbons (Fsp3) is 0.841. The molecule has 2 fully saturated rings. The molecule has 0 spiro atoms. The van der Waals surface area contributed by atoms with Gasteiger partial charge in [0, 0.05) is 99.4 Å². The maximum absolute atomic E-state index is 15.5. The Labute approximate surface area is 557 Å². The Morgan fingerprint density at radius 2 is 0.837 bits per heavy atom. The number of amides is 8. The number of Topliss-reactive ketones (excluding diaryl/α,β-unsaturated/α-hetero) is 3. The second kappa shape index (κ2) is 37.9. The number of likely N-dealkylation sites (N-methyl/N-ethyl adjacent to an activating group) is 7. The van der Waals surface area contributed by atoms with E-state index in [0.29, 0.717) is 39.3 Å². The van der Waals surface area contributed by atoms with Gasteiger partial charge in [-0.05, 0) is 99.2 Å². The number of rotatable bonds is 17. The molecule has 2 heterocycles. The third-order valence-electron chi connectivity index (χ3n) is 18.9. The van der Waals surface area contributed by atoms with Crippen LogP contribution in [0.15, 0.2) is 0 Å². The monoisotopic (exact) mass is 1320 g/mol. The van der Waals surface area contributed by atoms with E-state index in [9.17, 15) is 33.9 Å². The summed E-state index contributed by atoms with van der Waals surface area (Å²) in [6.07, 6.45) is 0.460. The molecule has 0 aromatic heterocycles. The van der Waals surface area contributed by atoms with Crippen molar-refractivity contribution in [1.82, 2.24) is 44.5 Å². The van der Waals surface area contributed by atoms with Gasteiger partial charge in [-0.2, -0.15) is 0 Å². The van der Waals surface area contributed by atoms with Crippen LogP contribution in [0.25, 0.3) is 0 Å². The molecule has 2 aliphatic rings. The van der Waals surface area contributed by atoms with Crippen LogP contribution in [0.4, 0.5) is 0 Å². The van der Waals surface area contributed by atoms with E-state index in [-0.39, 0.29) is 68.0 Å². The molecule has 13 atom stereocenters. The van der Waals surface area contributed by atoms with Crippen LogP contribution >= 0.6 is 11.8 Å². The topological polar surface area (TPSA) is 255 Å². The zero-order valence-corrected chi connectivity index (χ0v) is 61.9. The number of nitrogens with one attached hydrogen (secondary N) is 1. The van der Waals surface area contributed by atoms with Crippen molar-refractivity contribution < 1.29 is 62.6 Å². The third-order valence-corrected chi connectivity index (χ3v) is 19.9. The molecule has 2 N–H and O–H groups in total. The van der Waals surface area contributed by atoms with Crippen LogP contribution in [0.3, 0.4) is 0 Å². The van der Waals surface area contributed by atoms with Crippen LogP contribution in [-0.2, 0) is 57.5 Å². The maximum atomic E-state index is 15.5. The van der Waals surface area contributed by atoms with Gasteiger partial charge in [0.1, 0.15) is 30.2 Å². The number of carbonyl (C=O) groups excluding carboxylic acids is 11. The molecule has 0 saturated carbocycles. The SMILES string of the molecule is CS[C@@H]1C(=O)N(C)[C@@H](CC(C)C)C(=O)C[C@H](C(C)C)C(=O)N(C)[C@H](CC(C)C)C(=O)C[C@H](C)C(=O)N[C@@H](C)C(=O)N(C)[C@H](CC(C)C)C(=O)N(C)[C@H](CC(C)C)C(=O)N(C)[C@H](C(C)C)C(=O)N(C)[C@H]([C@H](O)[C@H](C)CCN2CCOCC2)C(=O)C[C@H](C(C)C)C(=O)N1C. The van der Waals surface area contributed by atoms with Crippen molar-refractivity contribution >= 4 is 76.4 Å². The largest absolute Gasteiger partial charge is 0.390 e. The molecule has 2 rings (SSSR count). The Balaban J connectivity index is 3.06. The van der Waals surface area contributed by atoms with Crippen molar-refractivity contribution in [3.63, 3.8) is 0 Å². The number of thioether (sulfide) groups is 1. The van der Waals surface area contributed by atoms with E-state index in [1.165, 1.54) is 90.6 Å². The Hall–Kier alpha value is -5.00. The van der Waals surface area contributed by atoms with E-state index in [0.717, 1.165) is 11.8 Å². The average molecular weight is 1320 g/mol. The molecular formula is C69H123N9O13S. The number of aliphatic hydroxyl groups excluding tert-OH is 1. The van der Waals surface area contributed by atoms with Crippen molar-refractivity contribution in [3.05, 3.63) is 0 Å². The van der Waals surface area contributed by atoms with Crippen LogP contribution in [0.2, 0.25) is 0 Å². The van der Waals surface area contributed by atoms with Gasteiger partial charge in [0.05, 0.1) is 31.4 Å². The van der Waals surface area contributed by atoms with Crippen molar-refractivity contribution in [2.75, 3.05) is 88.4 Å². The van der Waals surface area contributed by atoms with Crippen LogP contribution in [0, 0.1) is 65.1 Å². The highest BCUT2D eigenvalue weighted by molar-refractivity contribution is 7.99. The number of morpholine rings is 1. The number of ether oxygens (including phenoxy) is 1. The van der Waals surface area contributed by atoms with Gasteiger partial charge < -0.3 is 49.5 Å². The Kier molecular flexibility index (Phi) is 34.3. The van der Waals surface area contributed by atoms with Crippen molar-refractivity contribution in [2.45, 2.75) is 223 Å². The summed E-state index contributed by atoms with van der Waals surface area (Å²) in [7, 11) is 10.4. The van der Waals surface area contributed by atoms with E-state index >= 15 is 24.0 Å². The van der Waals surface area contributed by atoms with E-state index in [1.54, 1.807) is 40.9 Å². The summed E-state index contributed by atoms with van der Waals surface area (Å²) in [5.41, 5.74) is 0. The lowest BCUT2D eigenvalue weighted by Gasteiger charge is -2.42. The van der Waals surface area contributed by atoms with Crippen molar-refractivity contribution in [2.24, 2.45) is 65.1 Å². The molecule has 2 aliphatic heterocycles. The first-order valence-electron chi connectivity index (χ1n) is 33.8. The predicted octanol–water partition coefficient (Wildman–Crippen LogP) is 6.23. The quantitative estimate of drug-likeness (QED) is 0.164. The molecule has 0 aromatic carbocycles. The lowest BCUT2D eigenvalue weighted by molar-refractivity contribution is -0.157. The number of aliphatic hydroxyl groups is 1. The number of hydrogen-bond donors (Lipinski definition) is 2. The minimum absolute atomic E-state index is 0.0738. The summed E-state index contributed by atoms with van der Waals surface area (Å²) >= 11 is 1.08. The lowest BCUT2D eigenvalue weighted by atomic mass is 9.83. The number of carbonyl (C=O) groups is 11. The molecule has 23 heteroatoms. The van der Waals surface area contributed by atoms with Crippen molar-refractivity contribution in [1.29, 1.82) is 0 Å². The van der Waals surface area contributed by atoms with E-state index < -0.39 is 160 Å². The smallest absolute Gasteiger partial charge is 0.256 e. The summed E-state index contributed by atoms with van der Waals surface area (Å²) in [5.74, 6) is -11.4. The van der Waals surface area contributed by atoms with Gasteiger partial charge in [0.2, 0.25) is 41.4 Å². The average Bonchev–Trinajstić information content (AvgIpc) is 0.844.